The molecule has 0 saturated carbocycles. The van der Waals surface area contributed by atoms with Gasteiger partial charge in [-0.1, -0.05) is 51.1 Å². The number of benzene rings is 1. The van der Waals surface area contributed by atoms with Crippen LogP contribution in [0.5, 0.6) is 0 Å². The Bertz CT molecular complexity index is 866. The standard InChI is InChI=1S/C25H36N2O2Si/c1-25(2,3)30(6,7)29-17-11-14-21-15-16-26-18-22(21)24(27(4)5)23(19-28)20-12-9-8-10-13-20/h8-10,12-13,15-16,18,24H,11,14,17H2,1-7H3. The van der Waals surface area contributed by atoms with E-state index in [1.54, 1.807) is 0 Å². The Labute approximate surface area is 183 Å². The molecule has 1 heterocycles. The minimum Gasteiger partial charge on any atom is -0.417 e. The van der Waals surface area contributed by atoms with Gasteiger partial charge in [0.1, 0.15) is 5.94 Å². The van der Waals surface area contributed by atoms with Crippen molar-refractivity contribution in [1.29, 1.82) is 0 Å². The van der Waals surface area contributed by atoms with Crippen molar-refractivity contribution in [2.45, 2.75) is 57.8 Å². The maximum atomic E-state index is 12.0. The second-order valence-corrected chi connectivity index (χ2v) is 14.3. The predicted molar refractivity (Wildman–Crippen MR) is 128 cm³/mol. The maximum absolute atomic E-state index is 12.0. The Kier molecular flexibility index (Phi) is 8.33. The van der Waals surface area contributed by atoms with Crippen LogP contribution in [0.25, 0.3) is 5.57 Å². The van der Waals surface area contributed by atoms with Gasteiger partial charge < -0.3 is 4.43 Å². The van der Waals surface area contributed by atoms with Crippen LogP contribution >= 0.6 is 0 Å². The highest BCUT2D eigenvalue weighted by Gasteiger charge is 2.36. The molecule has 4 nitrogen and oxygen atoms in total. The van der Waals surface area contributed by atoms with Crippen LogP contribution in [0.3, 0.4) is 0 Å². The summed E-state index contributed by atoms with van der Waals surface area (Å²) in [6.45, 7) is 12.1. The number of carbonyl (C=O) groups excluding carboxylic acids is 1. The topological polar surface area (TPSA) is 42.4 Å². The molecule has 0 spiro atoms. The molecular formula is C25H36N2O2Si. The molecule has 0 N–H and O–H groups in total. The molecule has 1 atom stereocenters. The van der Waals surface area contributed by atoms with Gasteiger partial charge in [0.15, 0.2) is 8.32 Å². The molecule has 1 aromatic carbocycles. The average Bonchev–Trinajstić information content (AvgIpc) is 2.69. The molecule has 0 saturated heterocycles. The van der Waals surface area contributed by atoms with Gasteiger partial charge in [0.2, 0.25) is 0 Å². The third kappa shape index (κ3) is 5.99. The number of hydrogen-bond donors (Lipinski definition) is 0. The highest BCUT2D eigenvalue weighted by atomic mass is 28.4. The summed E-state index contributed by atoms with van der Waals surface area (Å²) in [6.07, 6.45) is 5.54. The predicted octanol–water partition coefficient (Wildman–Crippen LogP) is 5.55. The van der Waals surface area contributed by atoms with Gasteiger partial charge in [-0.25, -0.2) is 4.79 Å². The van der Waals surface area contributed by atoms with Crippen LogP contribution in [0.1, 0.15) is 49.9 Å². The fraction of sp³-hybridized carbons (Fsp3) is 0.480. The van der Waals surface area contributed by atoms with E-state index in [0.717, 1.165) is 30.6 Å². The van der Waals surface area contributed by atoms with E-state index in [1.807, 2.05) is 56.8 Å². The molecule has 1 aromatic heterocycles. The molecule has 5 heteroatoms. The summed E-state index contributed by atoms with van der Waals surface area (Å²) < 4.78 is 6.35. The Hall–Kier alpha value is -2.04. The van der Waals surface area contributed by atoms with E-state index in [-0.39, 0.29) is 11.1 Å². The SMILES string of the molecule is CN(C)C(C(=C=O)c1ccccc1)c1cnccc1CCCO[Si](C)(C)C(C)(C)C. The zero-order chi connectivity index (χ0) is 22.4. The van der Waals surface area contributed by atoms with Crippen LogP contribution in [-0.4, -0.2) is 44.8 Å². The van der Waals surface area contributed by atoms with Gasteiger partial charge in [-0.3, -0.25) is 9.88 Å². The largest absolute Gasteiger partial charge is 0.417 e. The summed E-state index contributed by atoms with van der Waals surface area (Å²) in [6, 6.07) is 11.6. The fourth-order valence-corrected chi connectivity index (χ4v) is 4.39. The van der Waals surface area contributed by atoms with Crippen LogP contribution < -0.4 is 0 Å². The first kappa shape index (κ1) is 24.2. The van der Waals surface area contributed by atoms with Crippen LogP contribution in [-0.2, 0) is 15.6 Å². The van der Waals surface area contributed by atoms with Crippen molar-refractivity contribution in [3.63, 3.8) is 0 Å². The average molecular weight is 425 g/mol. The van der Waals surface area contributed by atoms with Crippen molar-refractivity contribution in [3.8, 4) is 0 Å². The lowest BCUT2D eigenvalue weighted by Crippen LogP contribution is -2.41. The van der Waals surface area contributed by atoms with Crippen LogP contribution in [0.4, 0.5) is 0 Å². The lowest BCUT2D eigenvalue weighted by molar-refractivity contribution is 0.282. The molecular weight excluding hydrogens is 388 g/mol. The van der Waals surface area contributed by atoms with Gasteiger partial charge in [-0.05, 0) is 67.8 Å². The Morgan fingerprint density at radius 3 is 2.40 bits per heavy atom. The number of nitrogens with zero attached hydrogens (tertiary/aromatic N) is 2. The molecule has 2 rings (SSSR count). The Balaban J connectivity index is 2.22. The summed E-state index contributed by atoms with van der Waals surface area (Å²) in [7, 11) is 2.24. The summed E-state index contributed by atoms with van der Waals surface area (Å²) in [5, 5.41) is 0.212. The second kappa shape index (κ2) is 10.3. The molecule has 0 bridgehead atoms. The van der Waals surface area contributed by atoms with Gasteiger partial charge in [0, 0.05) is 19.0 Å². The number of aryl methyl sites for hydroxylation is 1. The number of hydrogen-bond acceptors (Lipinski definition) is 4. The molecule has 162 valence electrons. The zero-order valence-electron chi connectivity index (χ0n) is 19.5. The van der Waals surface area contributed by atoms with E-state index < -0.39 is 8.32 Å². The van der Waals surface area contributed by atoms with E-state index in [9.17, 15) is 4.79 Å². The summed E-state index contributed by atoms with van der Waals surface area (Å²) in [5.41, 5.74) is 3.78. The quantitative estimate of drug-likeness (QED) is 0.300. The zero-order valence-corrected chi connectivity index (χ0v) is 20.5. The molecule has 0 aliphatic rings. The molecule has 2 aromatic rings. The summed E-state index contributed by atoms with van der Waals surface area (Å²) in [5.74, 6) is 2.21. The van der Waals surface area contributed by atoms with Crippen LogP contribution in [0.15, 0.2) is 48.8 Å². The van der Waals surface area contributed by atoms with E-state index in [4.69, 9.17) is 4.43 Å². The van der Waals surface area contributed by atoms with Crippen molar-refractivity contribution in [2.24, 2.45) is 0 Å². The van der Waals surface area contributed by atoms with E-state index in [2.05, 4.69) is 55.8 Å². The Morgan fingerprint density at radius 1 is 1.17 bits per heavy atom. The smallest absolute Gasteiger partial charge is 0.191 e. The molecule has 1 unspecified atom stereocenters. The molecule has 0 aliphatic heterocycles. The summed E-state index contributed by atoms with van der Waals surface area (Å²) in [4.78, 5) is 18.4. The first-order valence-electron chi connectivity index (χ1n) is 10.6. The van der Waals surface area contributed by atoms with Gasteiger partial charge in [0.05, 0.1) is 11.6 Å². The monoisotopic (exact) mass is 424 g/mol. The van der Waals surface area contributed by atoms with E-state index >= 15 is 0 Å². The van der Waals surface area contributed by atoms with E-state index in [1.165, 1.54) is 5.56 Å². The third-order valence-electron chi connectivity index (χ3n) is 6.08. The third-order valence-corrected chi connectivity index (χ3v) is 10.6. The fourth-order valence-electron chi connectivity index (χ4n) is 3.30. The first-order valence-corrected chi connectivity index (χ1v) is 13.5. The molecule has 0 fully saturated rings. The molecule has 30 heavy (non-hydrogen) atoms. The molecule has 0 amide bonds. The van der Waals surface area contributed by atoms with Crippen molar-refractivity contribution < 1.29 is 9.22 Å². The van der Waals surface area contributed by atoms with Crippen molar-refractivity contribution in [3.05, 3.63) is 65.5 Å². The number of rotatable bonds is 9. The van der Waals surface area contributed by atoms with Gasteiger partial charge in [0.25, 0.3) is 0 Å². The number of likely N-dealkylation sites (N-methyl/N-ethyl adjacent to an activating group) is 1. The highest BCUT2D eigenvalue weighted by Crippen LogP contribution is 2.37. The van der Waals surface area contributed by atoms with Crippen molar-refractivity contribution >= 4 is 19.8 Å². The second-order valence-electron chi connectivity index (χ2n) is 9.53. The van der Waals surface area contributed by atoms with Crippen molar-refractivity contribution in [1.82, 2.24) is 9.88 Å². The highest BCUT2D eigenvalue weighted by molar-refractivity contribution is 6.74. The minimum atomic E-state index is -1.74. The normalized spacial score (nSPS) is 13.2. The van der Waals surface area contributed by atoms with E-state index in [0.29, 0.717) is 5.57 Å². The van der Waals surface area contributed by atoms with Crippen LogP contribution in [0.2, 0.25) is 18.1 Å². The lowest BCUT2D eigenvalue weighted by Gasteiger charge is -2.36. The lowest BCUT2D eigenvalue weighted by atomic mass is 9.90. The first-order chi connectivity index (χ1) is 14.1. The number of aromatic nitrogens is 1. The minimum absolute atomic E-state index is 0.199. The summed E-state index contributed by atoms with van der Waals surface area (Å²) >= 11 is 0. The van der Waals surface area contributed by atoms with Gasteiger partial charge >= 0.3 is 0 Å². The maximum Gasteiger partial charge on any atom is 0.191 e. The molecule has 0 aliphatic carbocycles. The molecule has 0 radical (unpaired) electrons. The Morgan fingerprint density at radius 2 is 1.83 bits per heavy atom. The van der Waals surface area contributed by atoms with Crippen LogP contribution in [0, 0.1) is 0 Å². The number of pyridine rings is 1. The van der Waals surface area contributed by atoms with Gasteiger partial charge in [-0.15, -0.1) is 0 Å². The van der Waals surface area contributed by atoms with Crippen molar-refractivity contribution in [2.75, 3.05) is 20.7 Å². The van der Waals surface area contributed by atoms with Gasteiger partial charge in [-0.2, -0.15) is 0 Å².